The quantitative estimate of drug-likeness (QED) is 0.801. The zero-order valence-corrected chi connectivity index (χ0v) is 15.2. The van der Waals surface area contributed by atoms with Gasteiger partial charge in [0.15, 0.2) is 0 Å². The summed E-state index contributed by atoms with van der Waals surface area (Å²) in [7, 11) is -0.213. The lowest BCUT2D eigenvalue weighted by Gasteiger charge is -2.33. The average Bonchev–Trinajstić information content (AvgIpc) is 3.09. The van der Waals surface area contributed by atoms with Crippen LogP contribution in [0.5, 0.6) is 0 Å². The first-order valence-corrected chi connectivity index (χ1v) is 9.32. The van der Waals surface area contributed by atoms with Crippen LogP contribution in [0.15, 0.2) is 17.2 Å². The van der Waals surface area contributed by atoms with Crippen molar-refractivity contribution in [1.82, 2.24) is 23.9 Å². The molecule has 0 fully saturated rings. The van der Waals surface area contributed by atoms with Crippen molar-refractivity contribution in [2.75, 3.05) is 20.3 Å². The number of aryl methyl sites for hydroxylation is 2. The minimum absolute atomic E-state index is 0.0317. The van der Waals surface area contributed by atoms with E-state index in [2.05, 4.69) is 10.2 Å². The van der Waals surface area contributed by atoms with E-state index in [1.807, 2.05) is 10.7 Å². The van der Waals surface area contributed by atoms with E-state index in [9.17, 15) is 8.42 Å². The molecule has 0 amide bonds. The lowest BCUT2D eigenvalue weighted by molar-refractivity contribution is 0.157. The number of hydrogen-bond donors (Lipinski definition) is 0. The minimum Gasteiger partial charge on any atom is -0.385 e. The van der Waals surface area contributed by atoms with Crippen molar-refractivity contribution >= 4 is 10.0 Å². The molecule has 1 aliphatic heterocycles. The normalized spacial score (nSPS) is 18.8. The Balaban J connectivity index is 1.97. The monoisotopic (exact) mass is 353 g/mol. The lowest BCUT2D eigenvalue weighted by Crippen LogP contribution is -2.41. The van der Waals surface area contributed by atoms with Gasteiger partial charge in [0.25, 0.3) is 0 Å². The second-order valence-electron chi connectivity index (χ2n) is 6.12. The van der Waals surface area contributed by atoms with Crippen molar-refractivity contribution in [3.05, 3.63) is 29.3 Å². The Kier molecular flexibility index (Phi) is 4.50. The van der Waals surface area contributed by atoms with Crippen LogP contribution in [0.25, 0.3) is 0 Å². The van der Waals surface area contributed by atoms with E-state index in [-0.39, 0.29) is 6.04 Å². The molecule has 0 unspecified atom stereocenters. The fraction of sp³-hybridized carbons (Fsp3) is 0.600. The average molecular weight is 353 g/mol. The minimum atomic E-state index is -3.61. The Hall–Kier alpha value is -1.71. The Morgan fingerprint density at radius 3 is 2.75 bits per heavy atom. The number of fused-ring (bicyclic) bond motifs is 1. The maximum absolute atomic E-state index is 13.2. The molecular formula is C15H23N5O3S. The first kappa shape index (κ1) is 17.1. The Labute approximate surface area is 142 Å². The number of aromatic nitrogens is 4. The third kappa shape index (κ3) is 2.76. The number of nitrogens with zero attached hydrogens (tertiary/aromatic N) is 5. The van der Waals surface area contributed by atoms with Crippen LogP contribution in [0.3, 0.4) is 0 Å². The number of ether oxygens (including phenoxy) is 1. The van der Waals surface area contributed by atoms with E-state index in [1.165, 1.54) is 4.31 Å². The molecule has 8 nitrogen and oxygen atoms in total. The molecule has 0 saturated heterocycles. The molecule has 0 spiro atoms. The number of sulfonamides is 1. The van der Waals surface area contributed by atoms with Crippen LogP contribution < -0.4 is 0 Å². The van der Waals surface area contributed by atoms with Crippen molar-refractivity contribution in [3.8, 4) is 0 Å². The Bertz CT molecular complexity index is 839. The predicted molar refractivity (Wildman–Crippen MR) is 88.0 cm³/mol. The van der Waals surface area contributed by atoms with Crippen LogP contribution in [0.2, 0.25) is 0 Å². The number of hydrogen-bond acceptors (Lipinski definition) is 5. The van der Waals surface area contributed by atoms with E-state index in [0.717, 1.165) is 5.69 Å². The van der Waals surface area contributed by atoms with Crippen LogP contribution >= 0.6 is 0 Å². The van der Waals surface area contributed by atoms with Gasteiger partial charge in [-0.1, -0.05) is 0 Å². The summed E-state index contributed by atoms with van der Waals surface area (Å²) >= 11 is 0. The molecule has 0 aromatic carbocycles. The number of methoxy groups -OCH3 is 1. The molecule has 3 heterocycles. The highest BCUT2D eigenvalue weighted by molar-refractivity contribution is 7.89. The largest absolute Gasteiger partial charge is 0.385 e. The number of rotatable bonds is 5. The predicted octanol–water partition coefficient (Wildman–Crippen LogP) is 1.02. The van der Waals surface area contributed by atoms with Gasteiger partial charge in [0.2, 0.25) is 10.0 Å². The molecule has 0 N–H and O–H groups in total. The van der Waals surface area contributed by atoms with Gasteiger partial charge in [0.05, 0.1) is 29.7 Å². The summed E-state index contributed by atoms with van der Waals surface area (Å²) in [6.45, 7) is 4.77. The zero-order valence-electron chi connectivity index (χ0n) is 14.4. The van der Waals surface area contributed by atoms with Gasteiger partial charge in [-0.15, -0.1) is 0 Å². The highest BCUT2D eigenvalue weighted by Gasteiger charge is 2.36. The summed E-state index contributed by atoms with van der Waals surface area (Å²) < 4.78 is 36.6. The molecule has 3 rings (SSSR count). The first-order chi connectivity index (χ1) is 11.4. The standard InChI is InChI=1S/C15H23N5O3S/c1-11-15(12(2)18(3)17-11)24(21,22)19-9-13-5-7-16-20(13)14(10-19)6-8-23-4/h5,7,14H,6,8-10H2,1-4H3/t14-/m0/s1. The third-order valence-electron chi connectivity index (χ3n) is 4.55. The second-order valence-corrected chi connectivity index (χ2v) is 8.00. The Morgan fingerprint density at radius 1 is 1.38 bits per heavy atom. The smallest absolute Gasteiger partial charge is 0.247 e. The molecule has 0 saturated carbocycles. The maximum atomic E-state index is 13.2. The van der Waals surface area contributed by atoms with Crippen LogP contribution in [0.1, 0.15) is 29.5 Å². The molecule has 1 atom stereocenters. The summed E-state index contributed by atoms with van der Waals surface area (Å²) in [5.41, 5.74) is 2.08. The van der Waals surface area contributed by atoms with E-state index >= 15 is 0 Å². The molecule has 24 heavy (non-hydrogen) atoms. The second kappa shape index (κ2) is 6.30. The van der Waals surface area contributed by atoms with E-state index in [0.29, 0.717) is 42.4 Å². The van der Waals surface area contributed by atoms with Crippen LogP contribution in [-0.4, -0.2) is 52.5 Å². The molecular weight excluding hydrogens is 330 g/mol. The van der Waals surface area contributed by atoms with Crippen LogP contribution in [0.4, 0.5) is 0 Å². The summed E-state index contributed by atoms with van der Waals surface area (Å²) in [6, 6.07) is 1.83. The molecule has 9 heteroatoms. The van der Waals surface area contributed by atoms with Gasteiger partial charge in [0, 0.05) is 33.5 Å². The summed E-state index contributed by atoms with van der Waals surface area (Å²) in [4.78, 5) is 0.309. The zero-order chi connectivity index (χ0) is 17.5. The lowest BCUT2D eigenvalue weighted by atomic mass is 10.1. The molecule has 0 bridgehead atoms. The first-order valence-electron chi connectivity index (χ1n) is 7.88. The van der Waals surface area contributed by atoms with Crippen LogP contribution in [0, 0.1) is 13.8 Å². The molecule has 132 valence electrons. The van der Waals surface area contributed by atoms with Gasteiger partial charge in [-0.25, -0.2) is 8.42 Å². The van der Waals surface area contributed by atoms with Crippen molar-refractivity contribution in [2.45, 2.75) is 37.8 Å². The molecule has 0 radical (unpaired) electrons. The summed E-state index contributed by atoms with van der Waals surface area (Å²) in [6.07, 6.45) is 2.42. The highest BCUT2D eigenvalue weighted by atomic mass is 32.2. The van der Waals surface area contributed by atoms with E-state index < -0.39 is 10.0 Å². The molecule has 1 aliphatic rings. The maximum Gasteiger partial charge on any atom is 0.247 e. The topological polar surface area (TPSA) is 82.2 Å². The van der Waals surface area contributed by atoms with Gasteiger partial charge >= 0.3 is 0 Å². The Morgan fingerprint density at radius 2 is 2.12 bits per heavy atom. The van der Waals surface area contributed by atoms with Gasteiger partial charge in [-0.3, -0.25) is 9.36 Å². The van der Waals surface area contributed by atoms with Crippen molar-refractivity contribution in [1.29, 1.82) is 0 Å². The van der Waals surface area contributed by atoms with Crippen molar-refractivity contribution in [3.63, 3.8) is 0 Å². The van der Waals surface area contributed by atoms with E-state index in [4.69, 9.17) is 4.74 Å². The highest BCUT2D eigenvalue weighted by Crippen LogP contribution is 2.30. The van der Waals surface area contributed by atoms with Crippen molar-refractivity contribution in [2.24, 2.45) is 7.05 Å². The van der Waals surface area contributed by atoms with Gasteiger partial charge < -0.3 is 4.74 Å². The third-order valence-corrected chi connectivity index (χ3v) is 6.61. The molecule has 2 aromatic rings. The van der Waals surface area contributed by atoms with Crippen molar-refractivity contribution < 1.29 is 13.2 Å². The fourth-order valence-electron chi connectivity index (χ4n) is 3.26. The fourth-order valence-corrected chi connectivity index (χ4v) is 5.11. The van der Waals surface area contributed by atoms with E-state index in [1.54, 1.807) is 38.9 Å². The van der Waals surface area contributed by atoms with Gasteiger partial charge in [-0.05, 0) is 26.3 Å². The SMILES string of the molecule is COCC[C@H]1CN(S(=O)(=O)c2c(C)nn(C)c2C)Cc2ccnn21. The molecule has 0 aliphatic carbocycles. The molecule has 2 aromatic heterocycles. The van der Waals surface area contributed by atoms with Gasteiger partial charge in [-0.2, -0.15) is 14.5 Å². The van der Waals surface area contributed by atoms with Gasteiger partial charge in [0.1, 0.15) is 4.90 Å². The summed E-state index contributed by atoms with van der Waals surface area (Å²) in [5.74, 6) is 0. The summed E-state index contributed by atoms with van der Waals surface area (Å²) in [5, 5.41) is 8.59. The van der Waals surface area contributed by atoms with Crippen LogP contribution in [-0.2, 0) is 28.4 Å².